The average Bonchev–Trinajstić information content (AvgIpc) is 2.30. The number of rotatable bonds is 3. The maximum Gasteiger partial charge on any atom is 0.272 e. The highest BCUT2D eigenvalue weighted by Gasteiger charge is 2.25. The summed E-state index contributed by atoms with van der Waals surface area (Å²) in [6.45, 7) is 3.97. The molecule has 2 atom stereocenters. The molecule has 0 bridgehead atoms. The van der Waals surface area contributed by atoms with Crippen LogP contribution in [0, 0.1) is 15.9 Å². The van der Waals surface area contributed by atoms with Crippen molar-refractivity contribution in [3.05, 3.63) is 34.1 Å². The topological polar surface area (TPSA) is 64.4 Å². The molecule has 6 heteroatoms. The number of non-ortho nitro benzene ring substituents is 1. The molecule has 2 unspecified atom stereocenters. The van der Waals surface area contributed by atoms with Crippen LogP contribution in [0.1, 0.15) is 26.7 Å². The van der Waals surface area contributed by atoms with E-state index < -0.39 is 10.7 Å². The van der Waals surface area contributed by atoms with E-state index in [9.17, 15) is 14.5 Å². The van der Waals surface area contributed by atoms with Gasteiger partial charge in [0.2, 0.25) is 0 Å². The lowest BCUT2D eigenvalue weighted by Crippen LogP contribution is -2.37. The van der Waals surface area contributed by atoms with Gasteiger partial charge in [-0.05, 0) is 32.8 Å². The van der Waals surface area contributed by atoms with Gasteiger partial charge in [0.05, 0.1) is 28.9 Å². The first-order chi connectivity index (χ1) is 8.95. The zero-order valence-corrected chi connectivity index (χ0v) is 10.9. The number of nitro groups is 1. The van der Waals surface area contributed by atoms with E-state index >= 15 is 0 Å². The van der Waals surface area contributed by atoms with Crippen molar-refractivity contribution < 1.29 is 14.1 Å². The largest absolute Gasteiger partial charge is 0.380 e. The molecule has 1 fully saturated rings. The fraction of sp³-hybridized carbons (Fsp3) is 0.538. The monoisotopic (exact) mass is 268 g/mol. The molecule has 0 amide bonds. The first-order valence-electron chi connectivity index (χ1n) is 6.31. The number of benzene rings is 1. The minimum atomic E-state index is -0.606. The molecule has 5 nitrogen and oxygen atoms in total. The Bertz CT molecular complexity index is 471. The fourth-order valence-corrected chi connectivity index (χ4v) is 2.48. The van der Waals surface area contributed by atoms with Crippen LogP contribution in [-0.2, 0) is 4.74 Å². The van der Waals surface area contributed by atoms with Gasteiger partial charge in [-0.15, -0.1) is 0 Å². The summed E-state index contributed by atoms with van der Waals surface area (Å²) in [5.74, 6) is -0.596. The maximum atomic E-state index is 13.8. The third kappa shape index (κ3) is 3.41. The van der Waals surface area contributed by atoms with Crippen LogP contribution in [0.3, 0.4) is 0 Å². The molecule has 0 saturated carbocycles. The number of anilines is 1. The minimum absolute atomic E-state index is 0.120. The molecule has 19 heavy (non-hydrogen) atoms. The Morgan fingerprint density at radius 3 is 2.53 bits per heavy atom. The maximum absolute atomic E-state index is 13.8. The molecule has 0 aliphatic carbocycles. The molecule has 1 saturated heterocycles. The molecule has 1 aromatic carbocycles. The van der Waals surface area contributed by atoms with E-state index in [1.165, 1.54) is 12.1 Å². The van der Waals surface area contributed by atoms with Crippen LogP contribution in [0.2, 0.25) is 0 Å². The number of hydrogen-bond donors (Lipinski definition) is 1. The van der Waals surface area contributed by atoms with Crippen molar-refractivity contribution >= 4 is 11.4 Å². The lowest BCUT2D eigenvalue weighted by molar-refractivity contribution is -0.385. The Labute approximate surface area is 110 Å². The third-order valence-electron chi connectivity index (χ3n) is 3.22. The average molecular weight is 268 g/mol. The Hall–Kier alpha value is -1.69. The summed E-state index contributed by atoms with van der Waals surface area (Å²) in [6.07, 6.45) is 1.84. The SMILES string of the molecule is CC1CC(Nc2ccc([N+](=O)[O-])cc2F)CC(C)O1. The lowest BCUT2D eigenvalue weighted by Gasteiger charge is -2.33. The number of nitro benzene ring substituents is 1. The van der Waals surface area contributed by atoms with Gasteiger partial charge in [-0.1, -0.05) is 0 Å². The summed E-state index contributed by atoms with van der Waals surface area (Å²) in [5, 5.41) is 13.6. The predicted molar refractivity (Wildman–Crippen MR) is 69.7 cm³/mol. The van der Waals surface area contributed by atoms with E-state index in [2.05, 4.69) is 5.32 Å². The zero-order chi connectivity index (χ0) is 14.0. The van der Waals surface area contributed by atoms with E-state index in [-0.39, 0.29) is 23.9 Å². The van der Waals surface area contributed by atoms with E-state index in [1.807, 2.05) is 13.8 Å². The lowest BCUT2D eigenvalue weighted by atomic mass is 9.99. The van der Waals surface area contributed by atoms with Crippen LogP contribution in [0.25, 0.3) is 0 Å². The summed E-state index contributed by atoms with van der Waals surface area (Å²) >= 11 is 0. The Kier molecular flexibility index (Phi) is 3.99. The molecule has 1 N–H and O–H groups in total. The van der Waals surface area contributed by atoms with Crippen LogP contribution in [0.4, 0.5) is 15.8 Å². The van der Waals surface area contributed by atoms with Gasteiger partial charge in [0, 0.05) is 12.1 Å². The number of hydrogen-bond acceptors (Lipinski definition) is 4. The van der Waals surface area contributed by atoms with Gasteiger partial charge >= 0.3 is 0 Å². The van der Waals surface area contributed by atoms with Crippen molar-refractivity contribution in [2.24, 2.45) is 0 Å². The number of nitrogens with zero attached hydrogens (tertiary/aromatic N) is 1. The van der Waals surface area contributed by atoms with Crippen molar-refractivity contribution in [1.82, 2.24) is 0 Å². The van der Waals surface area contributed by atoms with E-state index in [0.29, 0.717) is 5.69 Å². The van der Waals surface area contributed by atoms with Gasteiger partial charge in [-0.25, -0.2) is 4.39 Å². The zero-order valence-electron chi connectivity index (χ0n) is 10.9. The highest BCUT2D eigenvalue weighted by molar-refractivity contribution is 5.50. The van der Waals surface area contributed by atoms with Gasteiger partial charge in [-0.2, -0.15) is 0 Å². The quantitative estimate of drug-likeness (QED) is 0.675. The van der Waals surface area contributed by atoms with Crippen LogP contribution in [0.15, 0.2) is 18.2 Å². The smallest absolute Gasteiger partial charge is 0.272 e. The van der Waals surface area contributed by atoms with Crippen LogP contribution in [0.5, 0.6) is 0 Å². The molecule has 1 aliphatic rings. The van der Waals surface area contributed by atoms with Gasteiger partial charge in [0.15, 0.2) is 5.82 Å². The molecular formula is C13H17FN2O3. The number of nitrogens with one attached hydrogen (secondary N) is 1. The van der Waals surface area contributed by atoms with E-state index in [4.69, 9.17) is 4.74 Å². The highest BCUT2D eigenvalue weighted by atomic mass is 19.1. The van der Waals surface area contributed by atoms with Crippen LogP contribution in [-0.4, -0.2) is 23.2 Å². The van der Waals surface area contributed by atoms with Gasteiger partial charge in [0.1, 0.15) is 0 Å². The molecule has 0 aromatic heterocycles. The standard InChI is InChI=1S/C13H17FN2O3/c1-8-5-10(6-9(2)19-8)15-13-4-3-11(16(17)18)7-12(13)14/h3-4,7-10,15H,5-6H2,1-2H3. The Balaban J connectivity index is 2.08. The molecule has 0 spiro atoms. The third-order valence-corrected chi connectivity index (χ3v) is 3.22. The van der Waals surface area contributed by atoms with Crippen LogP contribution < -0.4 is 5.32 Å². The molecule has 1 aromatic rings. The molecule has 1 aliphatic heterocycles. The predicted octanol–water partition coefficient (Wildman–Crippen LogP) is 3.10. The van der Waals surface area contributed by atoms with Crippen molar-refractivity contribution in [3.8, 4) is 0 Å². The second kappa shape index (κ2) is 5.52. The van der Waals surface area contributed by atoms with E-state index in [0.717, 1.165) is 18.9 Å². The molecule has 104 valence electrons. The second-order valence-corrected chi connectivity index (χ2v) is 4.99. The van der Waals surface area contributed by atoms with Crippen molar-refractivity contribution in [2.75, 3.05) is 5.32 Å². The normalized spacial score (nSPS) is 27.0. The van der Waals surface area contributed by atoms with Crippen molar-refractivity contribution in [3.63, 3.8) is 0 Å². The Morgan fingerprint density at radius 2 is 2.00 bits per heavy atom. The van der Waals surface area contributed by atoms with E-state index in [1.54, 1.807) is 0 Å². The summed E-state index contributed by atoms with van der Waals surface area (Å²) in [4.78, 5) is 9.94. The molecular weight excluding hydrogens is 251 g/mol. The minimum Gasteiger partial charge on any atom is -0.380 e. The van der Waals surface area contributed by atoms with Crippen LogP contribution >= 0.6 is 0 Å². The summed E-state index contributed by atoms with van der Waals surface area (Å²) in [6, 6.07) is 3.78. The fourth-order valence-electron chi connectivity index (χ4n) is 2.48. The molecule has 1 heterocycles. The summed E-state index contributed by atoms with van der Waals surface area (Å²) < 4.78 is 19.4. The number of halogens is 1. The van der Waals surface area contributed by atoms with Gasteiger partial charge in [-0.3, -0.25) is 10.1 Å². The Morgan fingerprint density at radius 1 is 1.37 bits per heavy atom. The second-order valence-electron chi connectivity index (χ2n) is 4.99. The highest BCUT2D eigenvalue weighted by Crippen LogP contribution is 2.26. The summed E-state index contributed by atoms with van der Waals surface area (Å²) in [5.41, 5.74) is 0.0636. The van der Waals surface area contributed by atoms with Gasteiger partial charge in [0.25, 0.3) is 5.69 Å². The molecule has 2 rings (SSSR count). The van der Waals surface area contributed by atoms with Gasteiger partial charge < -0.3 is 10.1 Å². The first kappa shape index (κ1) is 13.7. The number of ether oxygens (including phenoxy) is 1. The molecule has 0 radical (unpaired) electrons. The first-order valence-corrected chi connectivity index (χ1v) is 6.31. The van der Waals surface area contributed by atoms with Crippen molar-refractivity contribution in [2.45, 2.75) is 44.9 Å². The van der Waals surface area contributed by atoms with Crippen molar-refractivity contribution in [1.29, 1.82) is 0 Å². The summed E-state index contributed by atoms with van der Waals surface area (Å²) in [7, 11) is 0.